The lowest BCUT2D eigenvalue weighted by Crippen LogP contribution is -1.98. The van der Waals surface area contributed by atoms with Gasteiger partial charge < -0.3 is 10.1 Å². The Morgan fingerprint density at radius 3 is 2.68 bits per heavy atom. The van der Waals surface area contributed by atoms with Crippen LogP contribution in [0.15, 0.2) is 30.7 Å². The van der Waals surface area contributed by atoms with Gasteiger partial charge in [0.1, 0.15) is 11.5 Å². The van der Waals surface area contributed by atoms with Gasteiger partial charge in [-0.1, -0.05) is 0 Å². The lowest BCUT2D eigenvalue weighted by Gasteiger charge is -2.04. The van der Waals surface area contributed by atoms with Crippen LogP contribution in [-0.4, -0.2) is 31.0 Å². The number of pyridine rings is 1. The van der Waals surface area contributed by atoms with Gasteiger partial charge in [0.15, 0.2) is 0 Å². The highest BCUT2D eigenvalue weighted by atomic mass is 16.4. The minimum absolute atomic E-state index is 0.168. The van der Waals surface area contributed by atoms with E-state index in [0.29, 0.717) is 22.6 Å². The van der Waals surface area contributed by atoms with Crippen LogP contribution in [-0.2, 0) is 0 Å². The molecule has 0 saturated heterocycles. The first-order valence-corrected chi connectivity index (χ1v) is 5.66. The fraction of sp³-hybridized carbons (Fsp3) is 0.0769. The zero-order valence-corrected chi connectivity index (χ0v) is 10.1. The van der Waals surface area contributed by atoms with Crippen molar-refractivity contribution >= 4 is 17.0 Å². The van der Waals surface area contributed by atoms with Crippen LogP contribution in [0.4, 0.5) is 0 Å². The Morgan fingerprint density at radius 2 is 2.00 bits per heavy atom. The van der Waals surface area contributed by atoms with Gasteiger partial charge >= 0.3 is 5.97 Å². The molecular weight excluding hydrogens is 244 g/mol. The highest BCUT2D eigenvalue weighted by Gasteiger charge is 2.17. The van der Waals surface area contributed by atoms with Gasteiger partial charge in [-0.25, -0.2) is 14.8 Å². The summed E-state index contributed by atoms with van der Waals surface area (Å²) < 4.78 is 0. The van der Waals surface area contributed by atoms with E-state index in [2.05, 4.69) is 19.9 Å². The van der Waals surface area contributed by atoms with E-state index in [-0.39, 0.29) is 5.56 Å². The zero-order valence-electron chi connectivity index (χ0n) is 10.1. The first-order chi connectivity index (χ1) is 9.16. The molecule has 0 aliphatic rings. The Balaban J connectivity index is 2.39. The average molecular weight is 254 g/mol. The van der Waals surface area contributed by atoms with Crippen LogP contribution in [0.5, 0.6) is 0 Å². The predicted octanol–water partition coefficient (Wildman–Crippen LogP) is 2.03. The number of carbonyl (C=O) groups is 1. The number of carboxylic acids is 1. The molecule has 0 aliphatic carbocycles. The number of hydrogen-bond acceptors (Lipinski definition) is 4. The van der Waals surface area contributed by atoms with E-state index in [1.807, 2.05) is 0 Å². The summed E-state index contributed by atoms with van der Waals surface area (Å²) in [4.78, 5) is 26.7. The Labute approximate surface area is 108 Å². The number of H-pyrrole nitrogens is 1. The molecule has 3 aromatic heterocycles. The zero-order chi connectivity index (χ0) is 13.4. The number of carboxylic acid groups (broad SMARTS) is 1. The largest absolute Gasteiger partial charge is 0.478 e. The summed E-state index contributed by atoms with van der Waals surface area (Å²) in [5, 5.41) is 9.74. The van der Waals surface area contributed by atoms with Crippen molar-refractivity contribution in [3.8, 4) is 11.3 Å². The highest BCUT2D eigenvalue weighted by molar-refractivity contribution is 6.07. The molecule has 3 heterocycles. The molecule has 3 aromatic rings. The maximum Gasteiger partial charge on any atom is 0.338 e. The first-order valence-electron chi connectivity index (χ1n) is 5.66. The van der Waals surface area contributed by atoms with E-state index in [9.17, 15) is 9.90 Å². The van der Waals surface area contributed by atoms with E-state index >= 15 is 0 Å². The quantitative estimate of drug-likeness (QED) is 0.730. The van der Waals surface area contributed by atoms with Gasteiger partial charge in [0, 0.05) is 24.2 Å². The third-order valence-corrected chi connectivity index (χ3v) is 2.83. The fourth-order valence-electron chi connectivity index (χ4n) is 2.03. The number of hydrogen-bond donors (Lipinski definition) is 2. The van der Waals surface area contributed by atoms with Crippen molar-refractivity contribution in [1.82, 2.24) is 19.9 Å². The molecule has 0 amide bonds. The lowest BCUT2D eigenvalue weighted by molar-refractivity contribution is 0.0699. The molecule has 0 atom stereocenters. The summed E-state index contributed by atoms with van der Waals surface area (Å²) >= 11 is 0. The molecule has 0 bridgehead atoms. The molecule has 6 heteroatoms. The molecule has 0 spiro atoms. The summed E-state index contributed by atoms with van der Waals surface area (Å²) in [6.45, 7) is 1.77. The summed E-state index contributed by atoms with van der Waals surface area (Å²) in [6.07, 6.45) is 4.73. The van der Waals surface area contributed by atoms with Crippen molar-refractivity contribution in [2.75, 3.05) is 0 Å². The highest BCUT2D eigenvalue weighted by Crippen LogP contribution is 2.28. The summed E-state index contributed by atoms with van der Waals surface area (Å²) in [5.74, 6) is -0.424. The number of aryl methyl sites for hydroxylation is 1. The molecule has 0 radical (unpaired) electrons. The maximum atomic E-state index is 11.3. The first kappa shape index (κ1) is 11.3. The third kappa shape index (κ3) is 1.83. The van der Waals surface area contributed by atoms with Crippen LogP contribution in [0.1, 0.15) is 16.2 Å². The molecule has 19 heavy (non-hydrogen) atoms. The predicted molar refractivity (Wildman–Crippen MR) is 68.8 cm³/mol. The summed E-state index contributed by atoms with van der Waals surface area (Å²) in [7, 11) is 0. The SMILES string of the molecule is Cc1nc(-c2ccncc2)c2c(C(=O)O)c[nH]c2n1. The van der Waals surface area contributed by atoms with Crippen LogP contribution in [0.3, 0.4) is 0 Å². The topological polar surface area (TPSA) is 91.8 Å². The molecular formula is C13H10N4O2. The minimum atomic E-state index is -1.01. The molecule has 0 fully saturated rings. The molecule has 94 valence electrons. The minimum Gasteiger partial charge on any atom is -0.478 e. The number of nitrogens with one attached hydrogen (secondary N) is 1. The standard InChI is InChI=1S/C13H10N4O2/c1-7-16-11(8-2-4-14-5-3-8)10-9(13(18)19)6-15-12(10)17-7/h2-6H,1H3,(H,18,19)(H,15,16,17). The number of nitrogens with zero attached hydrogens (tertiary/aromatic N) is 3. The van der Waals surface area contributed by atoms with E-state index in [1.54, 1.807) is 31.5 Å². The normalized spacial score (nSPS) is 10.8. The van der Waals surface area contributed by atoms with Gasteiger partial charge in [-0.3, -0.25) is 4.98 Å². The molecule has 2 N–H and O–H groups in total. The van der Waals surface area contributed by atoms with Crippen molar-refractivity contribution < 1.29 is 9.90 Å². The van der Waals surface area contributed by atoms with Crippen LogP contribution < -0.4 is 0 Å². The molecule has 0 unspecified atom stereocenters. The van der Waals surface area contributed by atoms with E-state index in [4.69, 9.17) is 0 Å². The second-order valence-electron chi connectivity index (χ2n) is 4.09. The monoisotopic (exact) mass is 254 g/mol. The number of aromatic nitrogens is 4. The van der Waals surface area contributed by atoms with Crippen molar-refractivity contribution in [3.63, 3.8) is 0 Å². The van der Waals surface area contributed by atoms with E-state index < -0.39 is 5.97 Å². The van der Waals surface area contributed by atoms with Crippen LogP contribution in [0.2, 0.25) is 0 Å². The van der Waals surface area contributed by atoms with Crippen molar-refractivity contribution in [2.45, 2.75) is 6.92 Å². The molecule has 0 aromatic carbocycles. The van der Waals surface area contributed by atoms with Gasteiger partial charge in [0.05, 0.1) is 16.6 Å². The van der Waals surface area contributed by atoms with Gasteiger partial charge in [-0.05, 0) is 19.1 Å². The second-order valence-corrected chi connectivity index (χ2v) is 4.09. The Morgan fingerprint density at radius 1 is 1.26 bits per heavy atom. The number of aromatic carboxylic acids is 1. The van der Waals surface area contributed by atoms with Crippen molar-refractivity contribution in [1.29, 1.82) is 0 Å². The van der Waals surface area contributed by atoms with Crippen LogP contribution >= 0.6 is 0 Å². The summed E-state index contributed by atoms with van der Waals surface area (Å²) in [5.41, 5.74) is 2.11. The maximum absolute atomic E-state index is 11.3. The van der Waals surface area contributed by atoms with Crippen LogP contribution in [0, 0.1) is 6.92 Å². The van der Waals surface area contributed by atoms with Crippen molar-refractivity contribution in [3.05, 3.63) is 42.1 Å². The molecule has 0 saturated carbocycles. The van der Waals surface area contributed by atoms with Crippen molar-refractivity contribution in [2.24, 2.45) is 0 Å². The second kappa shape index (κ2) is 4.16. The molecule has 3 rings (SSSR count). The lowest BCUT2D eigenvalue weighted by atomic mass is 10.1. The molecule has 0 aliphatic heterocycles. The average Bonchev–Trinajstić information content (AvgIpc) is 2.82. The smallest absolute Gasteiger partial charge is 0.338 e. The third-order valence-electron chi connectivity index (χ3n) is 2.83. The number of rotatable bonds is 2. The Bertz CT molecular complexity index is 765. The van der Waals surface area contributed by atoms with Gasteiger partial charge in [-0.2, -0.15) is 0 Å². The number of fused-ring (bicyclic) bond motifs is 1. The van der Waals surface area contributed by atoms with Gasteiger partial charge in [-0.15, -0.1) is 0 Å². The van der Waals surface area contributed by atoms with Gasteiger partial charge in [0.2, 0.25) is 0 Å². The van der Waals surface area contributed by atoms with Gasteiger partial charge in [0.25, 0.3) is 0 Å². The van der Waals surface area contributed by atoms with E-state index in [0.717, 1.165) is 5.56 Å². The summed E-state index contributed by atoms with van der Waals surface area (Å²) in [6, 6.07) is 3.58. The Kier molecular flexibility index (Phi) is 2.49. The van der Waals surface area contributed by atoms with Crippen LogP contribution in [0.25, 0.3) is 22.3 Å². The Hall–Kier alpha value is -2.76. The molecule has 6 nitrogen and oxygen atoms in total. The van der Waals surface area contributed by atoms with E-state index in [1.165, 1.54) is 6.20 Å². The number of aromatic amines is 1. The fourth-order valence-corrected chi connectivity index (χ4v) is 2.03.